The van der Waals surface area contributed by atoms with Gasteiger partial charge in [0.2, 0.25) is 0 Å². The van der Waals surface area contributed by atoms with Gasteiger partial charge in [0.15, 0.2) is 0 Å². The standard InChI is InChI=1S/C7H13N3/c1-7(10)4-2-3-5(8)6(7)9/h2-4,6H,8-10H2,1H3. The Morgan fingerprint density at radius 3 is 2.60 bits per heavy atom. The third-order valence-electron chi connectivity index (χ3n) is 1.77. The molecule has 1 aliphatic carbocycles. The van der Waals surface area contributed by atoms with E-state index in [0.717, 1.165) is 0 Å². The number of nitrogens with two attached hydrogens (primary N) is 3. The highest BCUT2D eigenvalue weighted by Gasteiger charge is 2.27. The van der Waals surface area contributed by atoms with Gasteiger partial charge in [0.1, 0.15) is 0 Å². The lowest BCUT2D eigenvalue weighted by atomic mass is 9.88. The lowest BCUT2D eigenvalue weighted by Crippen LogP contribution is -2.54. The largest absolute Gasteiger partial charge is 0.401 e. The Labute approximate surface area is 60.6 Å². The highest BCUT2D eigenvalue weighted by atomic mass is 14.9. The van der Waals surface area contributed by atoms with E-state index < -0.39 is 5.54 Å². The second-order valence-electron chi connectivity index (χ2n) is 2.87. The molecule has 6 N–H and O–H groups in total. The Kier molecular flexibility index (Phi) is 1.54. The van der Waals surface area contributed by atoms with E-state index in [-0.39, 0.29) is 6.04 Å². The van der Waals surface area contributed by atoms with E-state index in [4.69, 9.17) is 17.2 Å². The van der Waals surface area contributed by atoms with E-state index in [9.17, 15) is 0 Å². The fraction of sp³-hybridized carbons (Fsp3) is 0.429. The van der Waals surface area contributed by atoms with Crippen molar-refractivity contribution in [2.24, 2.45) is 17.2 Å². The van der Waals surface area contributed by atoms with E-state index in [1.165, 1.54) is 0 Å². The highest BCUT2D eigenvalue weighted by molar-refractivity contribution is 5.30. The van der Waals surface area contributed by atoms with Crippen LogP contribution in [0.5, 0.6) is 0 Å². The minimum Gasteiger partial charge on any atom is -0.401 e. The van der Waals surface area contributed by atoms with Crippen molar-refractivity contribution in [3.05, 3.63) is 23.9 Å². The molecule has 2 atom stereocenters. The molecule has 0 spiro atoms. The fourth-order valence-electron chi connectivity index (χ4n) is 0.933. The van der Waals surface area contributed by atoms with Crippen LogP contribution in [0, 0.1) is 0 Å². The Morgan fingerprint density at radius 1 is 1.60 bits per heavy atom. The average Bonchev–Trinajstić information content (AvgIpc) is 1.83. The topological polar surface area (TPSA) is 78.1 Å². The smallest absolute Gasteiger partial charge is 0.0658 e. The zero-order chi connectivity index (χ0) is 7.78. The number of allylic oxidation sites excluding steroid dienone is 2. The maximum atomic E-state index is 5.78. The van der Waals surface area contributed by atoms with Crippen molar-refractivity contribution in [3.63, 3.8) is 0 Å². The summed E-state index contributed by atoms with van der Waals surface area (Å²) in [6.45, 7) is 1.86. The predicted molar refractivity (Wildman–Crippen MR) is 42.0 cm³/mol. The summed E-state index contributed by atoms with van der Waals surface area (Å²) < 4.78 is 0. The van der Waals surface area contributed by atoms with Crippen LogP contribution in [-0.2, 0) is 0 Å². The van der Waals surface area contributed by atoms with Gasteiger partial charge in [-0.1, -0.05) is 12.2 Å². The average molecular weight is 139 g/mol. The van der Waals surface area contributed by atoms with Gasteiger partial charge in [-0.15, -0.1) is 0 Å². The van der Waals surface area contributed by atoms with E-state index in [1.54, 1.807) is 6.08 Å². The van der Waals surface area contributed by atoms with Crippen LogP contribution in [0.2, 0.25) is 0 Å². The van der Waals surface area contributed by atoms with E-state index in [0.29, 0.717) is 5.70 Å². The monoisotopic (exact) mass is 139 g/mol. The molecule has 3 nitrogen and oxygen atoms in total. The van der Waals surface area contributed by atoms with Crippen LogP contribution in [0.25, 0.3) is 0 Å². The molecular weight excluding hydrogens is 126 g/mol. The van der Waals surface area contributed by atoms with E-state index in [1.807, 2.05) is 19.1 Å². The fourth-order valence-corrected chi connectivity index (χ4v) is 0.933. The summed E-state index contributed by atoms with van der Waals surface area (Å²) in [5.74, 6) is 0. The van der Waals surface area contributed by atoms with Crippen LogP contribution in [0.3, 0.4) is 0 Å². The molecule has 0 aromatic heterocycles. The maximum absolute atomic E-state index is 5.78. The van der Waals surface area contributed by atoms with Crippen molar-refractivity contribution in [3.8, 4) is 0 Å². The molecule has 0 heterocycles. The molecule has 0 aromatic rings. The lowest BCUT2D eigenvalue weighted by Gasteiger charge is -2.30. The van der Waals surface area contributed by atoms with Gasteiger partial charge in [-0.25, -0.2) is 0 Å². The molecule has 1 rings (SSSR count). The molecule has 1 aliphatic rings. The molecule has 0 aromatic carbocycles. The van der Waals surface area contributed by atoms with Gasteiger partial charge < -0.3 is 17.2 Å². The second-order valence-corrected chi connectivity index (χ2v) is 2.87. The summed E-state index contributed by atoms with van der Waals surface area (Å²) in [6.07, 6.45) is 5.46. The van der Waals surface area contributed by atoms with Crippen molar-refractivity contribution >= 4 is 0 Å². The molecule has 0 fully saturated rings. The molecule has 2 unspecified atom stereocenters. The van der Waals surface area contributed by atoms with Gasteiger partial charge >= 0.3 is 0 Å². The van der Waals surface area contributed by atoms with Crippen molar-refractivity contribution < 1.29 is 0 Å². The van der Waals surface area contributed by atoms with Crippen LogP contribution in [0.15, 0.2) is 23.9 Å². The van der Waals surface area contributed by atoms with Crippen molar-refractivity contribution in [2.45, 2.75) is 18.5 Å². The first-order valence-electron chi connectivity index (χ1n) is 3.23. The summed E-state index contributed by atoms with van der Waals surface area (Å²) in [6, 6.07) is -0.252. The predicted octanol–water partition coefficient (Wildman–Crippen LogP) is -0.556. The third kappa shape index (κ3) is 1.05. The molecule has 0 amide bonds. The first-order valence-corrected chi connectivity index (χ1v) is 3.23. The molecule has 0 saturated heterocycles. The van der Waals surface area contributed by atoms with Crippen molar-refractivity contribution in [1.29, 1.82) is 0 Å². The van der Waals surface area contributed by atoms with Crippen molar-refractivity contribution in [2.75, 3.05) is 0 Å². The molecule has 0 bridgehead atoms. The Hall–Kier alpha value is -0.800. The van der Waals surface area contributed by atoms with E-state index in [2.05, 4.69) is 0 Å². The SMILES string of the molecule is CC1(N)C=CC=C(N)C1N. The van der Waals surface area contributed by atoms with Gasteiger partial charge in [0.05, 0.1) is 11.6 Å². The normalized spacial score (nSPS) is 39.5. The number of hydrogen-bond acceptors (Lipinski definition) is 3. The van der Waals surface area contributed by atoms with Gasteiger partial charge in [0, 0.05) is 5.70 Å². The minimum absolute atomic E-state index is 0.252. The summed E-state index contributed by atoms with van der Waals surface area (Å²) in [5.41, 5.74) is 17.2. The number of rotatable bonds is 0. The van der Waals surface area contributed by atoms with Crippen LogP contribution in [0.1, 0.15) is 6.92 Å². The highest BCUT2D eigenvalue weighted by Crippen LogP contribution is 2.15. The Bertz CT molecular complexity index is 191. The number of hydrogen-bond donors (Lipinski definition) is 3. The Balaban J connectivity index is 2.89. The zero-order valence-corrected chi connectivity index (χ0v) is 6.04. The van der Waals surface area contributed by atoms with Crippen molar-refractivity contribution in [1.82, 2.24) is 0 Å². The van der Waals surface area contributed by atoms with Crippen LogP contribution < -0.4 is 17.2 Å². The Morgan fingerprint density at radius 2 is 2.20 bits per heavy atom. The summed E-state index contributed by atoms with van der Waals surface area (Å²) in [7, 11) is 0. The quantitative estimate of drug-likeness (QED) is 0.421. The molecule has 10 heavy (non-hydrogen) atoms. The van der Waals surface area contributed by atoms with Gasteiger partial charge in [-0.2, -0.15) is 0 Å². The first-order chi connectivity index (χ1) is 4.54. The molecule has 0 radical (unpaired) electrons. The van der Waals surface area contributed by atoms with Crippen LogP contribution >= 0.6 is 0 Å². The maximum Gasteiger partial charge on any atom is 0.0658 e. The van der Waals surface area contributed by atoms with Gasteiger partial charge in [0.25, 0.3) is 0 Å². The van der Waals surface area contributed by atoms with E-state index >= 15 is 0 Å². The molecule has 56 valence electrons. The zero-order valence-electron chi connectivity index (χ0n) is 6.04. The minimum atomic E-state index is -0.487. The second kappa shape index (κ2) is 2.11. The van der Waals surface area contributed by atoms with Crippen LogP contribution in [0.4, 0.5) is 0 Å². The molecular formula is C7H13N3. The molecule has 0 saturated carbocycles. The third-order valence-corrected chi connectivity index (χ3v) is 1.77. The summed E-state index contributed by atoms with van der Waals surface area (Å²) >= 11 is 0. The van der Waals surface area contributed by atoms with Gasteiger partial charge in [-0.05, 0) is 13.0 Å². The first kappa shape index (κ1) is 7.31. The van der Waals surface area contributed by atoms with Gasteiger partial charge in [-0.3, -0.25) is 0 Å². The summed E-state index contributed by atoms with van der Waals surface area (Å²) in [4.78, 5) is 0. The molecule has 3 heteroatoms. The molecule has 0 aliphatic heterocycles. The summed E-state index contributed by atoms with van der Waals surface area (Å²) in [5, 5.41) is 0. The van der Waals surface area contributed by atoms with Crippen LogP contribution in [-0.4, -0.2) is 11.6 Å². The lowest BCUT2D eigenvalue weighted by molar-refractivity contribution is 0.492.